The lowest BCUT2D eigenvalue weighted by Gasteiger charge is -2.44. The van der Waals surface area contributed by atoms with E-state index in [0.717, 1.165) is 19.3 Å². The third-order valence-corrected chi connectivity index (χ3v) is 3.27. The van der Waals surface area contributed by atoms with Crippen molar-refractivity contribution in [3.05, 3.63) is 0 Å². The predicted octanol–water partition coefficient (Wildman–Crippen LogP) is 0.0971. The number of nitrogens with two attached hydrogens (primary N) is 1. The molecule has 4 nitrogen and oxygen atoms in total. The summed E-state index contributed by atoms with van der Waals surface area (Å²) in [5, 5.41) is 9.14. The first-order valence-corrected chi connectivity index (χ1v) is 5.01. The fourth-order valence-electron chi connectivity index (χ4n) is 1.49. The van der Waals surface area contributed by atoms with Gasteiger partial charge in [0.2, 0.25) is 5.91 Å². The van der Waals surface area contributed by atoms with Gasteiger partial charge >= 0.3 is 0 Å². The van der Waals surface area contributed by atoms with Crippen molar-refractivity contribution in [2.45, 2.75) is 44.2 Å². The van der Waals surface area contributed by atoms with Crippen LogP contribution in [0.1, 0.15) is 33.1 Å². The molecule has 0 aromatic heterocycles. The number of aliphatic hydroxyl groups is 1. The van der Waals surface area contributed by atoms with E-state index in [-0.39, 0.29) is 12.5 Å². The molecule has 0 heterocycles. The first kappa shape index (κ1) is 11.5. The van der Waals surface area contributed by atoms with Crippen molar-refractivity contribution < 1.29 is 9.90 Å². The molecule has 1 amide bonds. The van der Waals surface area contributed by atoms with E-state index in [9.17, 15) is 4.79 Å². The monoisotopic (exact) mass is 200 g/mol. The zero-order valence-electron chi connectivity index (χ0n) is 9.21. The molecule has 0 radical (unpaired) electrons. The number of aliphatic hydroxyl groups excluding tert-OH is 1. The van der Waals surface area contributed by atoms with E-state index in [2.05, 4.69) is 0 Å². The van der Waals surface area contributed by atoms with Gasteiger partial charge in [-0.15, -0.1) is 0 Å². The molecule has 0 aromatic carbocycles. The molecule has 82 valence electrons. The molecular formula is C10H20N2O2. The molecule has 0 spiro atoms. The van der Waals surface area contributed by atoms with Gasteiger partial charge in [0.25, 0.3) is 0 Å². The lowest BCUT2D eigenvalue weighted by atomic mass is 9.76. The molecule has 3 N–H and O–H groups in total. The zero-order chi connectivity index (χ0) is 11.0. The number of hydrogen-bond donors (Lipinski definition) is 2. The highest BCUT2D eigenvalue weighted by atomic mass is 16.3. The summed E-state index contributed by atoms with van der Waals surface area (Å²) in [5.41, 5.74) is 4.73. The molecule has 1 fully saturated rings. The van der Waals surface area contributed by atoms with Gasteiger partial charge in [-0.1, -0.05) is 0 Å². The van der Waals surface area contributed by atoms with Gasteiger partial charge in [0, 0.05) is 7.05 Å². The number of rotatable bonds is 3. The van der Waals surface area contributed by atoms with Gasteiger partial charge in [0.05, 0.1) is 17.7 Å². The van der Waals surface area contributed by atoms with Crippen LogP contribution in [-0.4, -0.2) is 40.6 Å². The lowest BCUT2D eigenvalue weighted by Crippen LogP contribution is -2.63. The Hall–Kier alpha value is -0.610. The Morgan fingerprint density at radius 3 is 2.36 bits per heavy atom. The van der Waals surface area contributed by atoms with Crippen LogP contribution in [-0.2, 0) is 4.79 Å². The highest BCUT2D eigenvalue weighted by Gasteiger charge is 2.44. The van der Waals surface area contributed by atoms with Crippen LogP contribution in [0.2, 0.25) is 0 Å². The molecule has 0 unspecified atom stereocenters. The van der Waals surface area contributed by atoms with E-state index in [0.29, 0.717) is 0 Å². The fourth-order valence-corrected chi connectivity index (χ4v) is 1.49. The maximum absolute atomic E-state index is 11.9. The van der Waals surface area contributed by atoms with E-state index < -0.39 is 11.1 Å². The molecule has 0 bridgehead atoms. The molecule has 0 aliphatic heterocycles. The number of carbonyl (C=O) groups excluding carboxylic acids is 1. The van der Waals surface area contributed by atoms with E-state index in [4.69, 9.17) is 10.8 Å². The summed E-state index contributed by atoms with van der Waals surface area (Å²) in [6, 6.07) is 0. The normalized spacial score (nSPS) is 20.1. The van der Waals surface area contributed by atoms with Gasteiger partial charge in [0.15, 0.2) is 0 Å². The summed E-state index contributed by atoms with van der Waals surface area (Å²) in [6.07, 6.45) is 2.55. The minimum absolute atomic E-state index is 0.0503. The van der Waals surface area contributed by atoms with E-state index in [1.54, 1.807) is 11.9 Å². The lowest BCUT2D eigenvalue weighted by molar-refractivity contribution is -0.145. The topological polar surface area (TPSA) is 66.6 Å². The number of amides is 1. The van der Waals surface area contributed by atoms with Gasteiger partial charge in [-0.25, -0.2) is 0 Å². The predicted molar refractivity (Wildman–Crippen MR) is 54.7 cm³/mol. The number of hydrogen-bond acceptors (Lipinski definition) is 3. The highest BCUT2D eigenvalue weighted by molar-refractivity contribution is 5.87. The minimum Gasteiger partial charge on any atom is -0.394 e. The Balaban J connectivity index is 2.69. The summed E-state index contributed by atoms with van der Waals surface area (Å²) in [5.74, 6) is -0.0530. The Bertz CT molecular complexity index is 234. The summed E-state index contributed by atoms with van der Waals surface area (Å²) in [6.45, 7) is 3.60. The van der Waals surface area contributed by atoms with Crippen LogP contribution in [0.25, 0.3) is 0 Å². The quantitative estimate of drug-likeness (QED) is 0.679. The fraction of sp³-hybridized carbons (Fsp3) is 0.900. The zero-order valence-corrected chi connectivity index (χ0v) is 9.21. The van der Waals surface area contributed by atoms with Crippen LogP contribution in [0, 0.1) is 0 Å². The molecule has 1 saturated carbocycles. The molecule has 4 heteroatoms. The number of nitrogens with zero attached hydrogens (tertiary/aromatic N) is 1. The first-order valence-electron chi connectivity index (χ1n) is 5.01. The summed E-state index contributed by atoms with van der Waals surface area (Å²) in [4.78, 5) is 13.5. The summed E-state index contributed by atoms with van der Waals surface area (Å²) in [7, 11) is 1.70. The summed E-state index contributed by atoms with van der Waals surface area (Å²) < 4.78 is 0. The molecular weight excluding hydrogens is 180 g/mol. The van der Waals surface area contributed by atoms with Crippen molar-refractivity contribution in [1.29, 1.82) is 0 Å². The SMILES string of the molecule is CN(C(=O)C1(N)CCC1)C(C)(C)CO. The van der Waals surface area contributed by atoms with E-state index >= 15 is 0 Å². The molecule has 0 aromatic rings. The largest absolute Gasteiger partial charge is 0.394 e. The number of carbonyl (C=O) groups is 1. The second kappa shape index (κ2) is 3.51. The van der Waals surface area contributed by atoms with Gasteiger partial charge in [-0.05, 0) is 33.1 Å². The Kier molecular flexibility index (Phi) is 2.88. The van der Waals surface area contributed by atoms with Gasteiger partial charge < -0.3 is 15.7 Å². The van der Waals surface area contributed by atoms with Crippen LogP contribution in [0.15, 0.2) is 0 Å². The molecule has 1 rings (SSSR count). The third-order valence-electron chi connectivity index (χ3n) is 3.27. The van der Waals surface area contributed by atoms with Gasteiger partial charge in [-0.2, -0.15) is 0 Å². The van der Waals surface area contributed by atoms with Crippen molar-refractivity contribution in [2.75, 3.05) is 13.7 Å². The van der Waals surface area contributed by atoms with Crippen molar-refractivity contribution in [2.24, 2.45) is 5.73 Å². The van der Waals surface area contributed by atoms with Crippen LogP contribution >= 0.6 is 0 Å². The van der Waals surface area contributed by atoms with Crippen molar-refractivity contribution >= 4 is 5.91 Å². The average Bonchev–Trinajstić information content (AvgIpc) is 2.11. The average molecular weight is 200 g/mol. The molecule has 0 saturated heterocycles. The maximum atomic E-state index is 11.9. The molecule has 0 atom stereocenters. The standard InChI is InChI=1S/C10H20N2O2/c1-9(2,7-13)12(3)8(14)10(11)5-4-6-10/h13H,4-7,11H2,1-3H3. The van der Waals surface area contributed by atoms with Crippen molar-refractivity contribution in [3.63, 3.8) is 0 Å². The van der Waals surface area contributed by atoms with Crippen LogP contribution < -0.4 is 5.73 Å². The van der Waals surface area contributed by atoms with Gasteiger partial charge in [0.1, 0.15) is 0 Å². The Labute approximate surface area is 85.1 Å². The second-order valence-corrected chi connectivity index (χ2v) is 4.84. The van der Waals surface area contributed by atoms with Crippen LogP contribution in [0.5, 0.6) is 0 Å². The number of likely N-dealkylation sites (N-methyl/N-ethyl adjacent to an activating group) is 1. The minimum atomic E-state index is -0.665. The highest BCUT2D eigenvalue weighted by Crippen LogP contribution is 2.32. The maximum Gasteiger partial charge on any atom is 0.242 e. The van der Waals surface area contributed by atoms with E-state index in [1.807, 2.05) is 13.8 Å². The van der Waals surface area contributed by atoms with E-state index in [1.165, 1.54) is 0 Å². The van der Waals surface area contributed by atoms with Crippen molar-refractivity contribution in [3.8, 4) is 0 Å². The summed E-state index contributed by atoms with van der Waals surface area (Å²) >= 11 is 0. The molecule has 14 heavy (non-hydrogen) atoms. The van der Waals surface area contributed by atoms with Crippen LogP contribution in [0.4, 0.5) is 0 Å². The first-order chi connectivity index (χ1) is 6.33. The Morgan fingerprint density at radius 2 is 2.07 bits per heavy atom. The molecule has 1 aliphatic rings. The Morgan fingerprint density at radius 1 is 1.57 bits per heavy atom. The smallest absolute Gasteiger partial charge is 0.242 e. The second-order valence-electron chi connectivity index (χ2n) is 4.84. The van der Waals surface area contributed by atoms with Crippen LogP contribution in [0.3, 0.4) is 0 Å². The third kappa shape index (κ3) is 1.77. The molecule has 1 aliphatic carbocycles. The van der Waals surface area contributed by atoms with Gasteiger partial charge in [-0.3, -0.25) is 4.79 Å². The van der Waals surface area contributed by atoms with Crippen molar-refractivity contribution in [1.82, 2.24) is 4.90 Å².